The van der Waals surface area contributed by atoms with E-state index in [-0.39, 0.29) is 0 Å². The van der Waals surface area contributed by atoms with E-state index in [0.29, 0.717) is 0 Å². The van der Waals surface area contributed by atoms with E-state index in [2.05, 4.69) is 9.47 Å². The summed E-state index contributed by atoms with van der Waals surface area (Å²) in [7, 11) is 0. The second kappa shape index (κ2) is 4.62. The number of hydrogen-bond donors (Lipinski definition) is 5. The molecule has 0 aliphatic carbocycles. The third-order valence-corrected chi connectivity index (χ3v) is 2.14. The van der Waals surface area contributed by atoms with Gasteiger partial charge in [-0.05, 0) is 6.92 Å². The predicted octanol–water partition coefficient (Wildman–Crippen LogP) is -3.33. The summed E-state index contributed by atoms with van der Waals surface area (Å²) in [5.41, 5.74) is 0. The second-order valence-corrected chi connectivity index (χ2v) is 3.54. The van der Waals surface area contributed by atoms with Gasteiger partial charge in [-0.2, -0.15) is 0 Å². The lowest BCUT2D eigenvalue weighted by Crippen LogP contribution is -2.63. The zero-order valence-electron chi connectivity index (χ0n) is 8.48. The van der Waals surface area contributed by atoms with E-state index in [4.69, 9.17) is 10.2 Å². The molecule has 0 saturated carbocycles. The predicted molar refractivity (Wildman–Crippen MR) is 46.7 cm³/mol. The molecule has 8 nitrogen and oxygen atoms in total. The van der Waals surface area contributed by atoms with Gasteiger partial charge in [0.05, 0.1) is 6.61 Å². The summed E-state index contributed by atoms with van der Waals surface area (Å²) in [5.74, 6) is -4.00. The SMILES string of the molecule is CC(O)C(=O)OC1(O)OC[C@@H](O)[C@H](O)[C@H]1O. The summed E-state index contributed by atoms with van der Waals surface area (Å²) in [6, 6.07) is 0. The van der Waals surface area contributed by atoms with Gasteiger partial charge in [-0.3, -0.25) is 0 Å². The second-order valence-electron chi connectivity index (χ2n) is 3.54. The maximum Gasteiger partial charge on any atom is 0.357 e. The van der Waals surface area contributed by atoms with Gasteiger partial charge in [0, 0.05) is 0 Å². The molecule has 2 unspecified atom stereocenters. The lowest BCUT2D eigenvalue weighted by molar-refractivity contribution is -0.416. The van der Waals surface area contributed by atoms with Crippen LogP contribution in [0, 0.1) is 0 Å². The minimum absolute atomic E-state index is 0.526. The third kappa shape index (κ3) is 2.48. The Morgan fingerprint density at radius 2 is 2.06 bits per heavy atom. The van der Waals surface area contributed by atoms with Crippen molar-refractivity contribution in [2.75, 3.05) is 6.61 Å². The highest BCUT2D eigenvalue weighted by molar-refractivity contribution is 5.74. The van der Waals surface area contributed by atoms with E-state index in [0.717, 1.165) is 6.92 Å². The zero-order chi connectivity index (χ0) is 12.5. The number of aliphatic hydroxyl groups excluding tert-OH is 4. The molecule has 5 N–H and O–H groups in total. The fourth-order valence-corrected chi connectivity index (χ4v) is 1.13. The van der Waals surface area contributed by atoms with E-state index in [1.165, 1.54) is 0 Å². The standard InChI is InChI=1S/C8H14O8/c1-3(9)7(13)16-8(14)6(12)5(11)4(10)2-15-8/h3-6,9-12,14H,2H2,1H3/t3?,4-,5+,6-,8?/m1/s1. The molecule has 1 aliphatic rings. The lowest BCUT2D eigenvalue weighted by atomic mass is 10.0. The molecule has 16 heavy (non-hydrogen) atoms. The van der Waals surface area contributed by atoms with Gasteiger partial charge in [0.2, 0.25) is 0 Å². The number of aliphatic hydroxyl groups is 5. The van der Waals surface area contributed by atoms with Crippen molar-refractivity contribution in [3.8, 4) is 0 Å². The van der Waals surface area contributed by atoms with E-state index in [1.54, 1.807) is 0 Å². The fourth-order valence-electron chi connectivity index (χ4n) is 1.13. The largest absolute Gasteiger partial charge is 0.404 e. The molecular weight excluding hydrogens is 224 g/mol. The molecule has 0 spiro atoms. The molecule has 0 bridgehead atoms. The van der Waals surface area contributed by atoms with E-state index in [1.807, 2.05) is 0 Å². The van der Waals surface area contributed by atoms with Gasteiger partial charge < -0.3 is 35.0 Å². The number of esters is 1. The molecule has 1 saturated heterocycles. The van der Waals surface area contributed by atoms with E-state index in [9.17, 15) is 20.1 Å². The van der Waals surface area contributed by atoms with Crippen molar-refractivity contribution in [1.82, 2.24) is 0 Å². The summed E-state index contributed by atoms with van der Waals surface area (Å²) in [4.78, 5) is 11.0. The summed E-state index contributed by atoms with van der Waals surface area (Å²) in [6.45, 7) is 0.563. The molecule has 0 aromatic rings. The Balaban J connectivity index is 2.73. The molecule has 1 heterocycles. The van der Waals surface area contributed by atoms with Gasteiger partial charge >= 0.3 is 11.9 Å². The van der Waals surface area contributed by atoms with Crippen molar-refractivity contribution in [3.05, 3.63) is 0 Å². The topological polar surface area (TPSA) is 137 Å². The molecule has 8 heteroatoms. The fraction of sp³-hybridized carbons (Fsp3) is 0.875. The van der Waals surface area contributed by atoms with Crippen LogP contribution in [0.15, 0.2) is 0 Å². The summed E-state index contributed by atoms with van der Waals surface area (Å²) >= 11 is 0. The van der Waals surface area contributed by atoms with Crippen LogP contribution in [0.2, 0.25) is 0 Å². The average Bonchev–Trinajstić information content (AvgIpc) is 2.21. The van der Waals surface area contributed by atoms with Crippen LogP contribution in [0.4, 0.5) is 0 Å². The maximum absolute atomic E-state index is 11.0. The van der Waals surface area contributed by atoms with Crippen molar-refractivity contribution in [1.29, 1.82) is 0 Å². The van der Waals surface area contributed by atoms with Crippen LogP contribution >= 0.6 is 0 Å². The highest BCUT2D eigenvalue weighted by atomic mass is 16.8. The van der Waals surface area contributed by atoms with E-state index >= 15 is 0 Å². The summed E-state index contributed by atoms with van der Waals surface area (Å²) in [5, 5.41) is 46.1. The average molecular weight is 238 g/mol. The van der Waals surface area contributed by atoms with Crippen LogP contribution in [0.25, 0.3) is 0 Å². The molecule has 0 amide bonds. The maximum atomic E-state index is 11.0. The van der Waals surface area contributed by atoms with Crippen LogP contribution in [-0.2, 0) is 14.3 Å². The smallest absolute Gasteiger partial charge is 0.357 e. The molecule has 1 rings (SSSR count). The van der Waals surface area contributed by atoms with Crippen LogP contribution in [0.1, 0.15) is 6.92 Å². The van der Waals surface area contributed by atoms with Crippen molar-refractivity contribution in [2.45, 2.75) is 37.3 Å². The number of hydrogen-bond acceptors (Lipinski definition) is 8. The van der Waals surface area contributed by atoms with Crippen molar-refractivity contribution < 1.29 is 39.8 Å². The van der Waals surface area contributed by atoms with Crippen LogP contribution in [-0.4, -0.2) is 68.5 Å². The van der Waals surface area contributed by atoms with Gasteiger partial charge in [0.25, 0.3) is 0 Å². The Bertz CT molecular complexity index is 267. The first-order valence-corrected chi connectivity index (χ1v) is 4.59. The van der Waals surface area contributed by atoms with Crippen LogP contribution in [0.5, 0.6) is 0 Å². The Labute approximate surface area is 90.6 Å². The first-order chi connectivity index (χ1) is 7.28. The Morgan fingerprint density at radius 1 is 1.50 bits per heavy atom. The number of rotatable bonds is 2. The molecule has 0 radical (unpaired) electrons. The number of carbonyl (C=O) groups is 1. The monoisotopic (exact) mass is 238 g/mol. The van der Waals surface area contributed by atoms with Gasteiger partial charge in [-0.1, -0.05) is 0 Å². The van der Waals surface area contributed by atoms with E-state index < -0.39 is 43.0 Å². The minimum atomic E-state index is -2.77. The normalized spacial score (nSPS) is 41.5. The van der Waals surface area contributed by atoms with Gasteiger partial charge in [0.15, 0.2) is 6.10 Å². The summed E-state index contributed by atoms with van der Waals surface area (Å²) in [6.07, 6.45) is -6.68. The molecule has 1 fully saturated rings. The third-order valence-electron chi connectivity index (χ3n) is 2.14. The molecule has 94 valence electrons. The Kier molecular flexibility index (Phi) is 3.84. The van der Waals surface area contributed by atoms with Crippen molar-refractivity contribution in [3.63, 3.8) is 0 Å². The van der Waals surface area contributed by atoms with Crippen LogP contribution in [0.3, 0.4) is 0 Å². The van der Waals surface area contributed by atoms with Crippen LogP contribution < -0.4 is 0 Å². The lowest BCUT2D eigenvalue weighted by Gasteiger charge is -2.40. The zero-order valence-corrected chi connectivity index (χ0v) is 8.48. The first kappa shape index (κ1) is 13.3. The molecular formula is C8H14O8. The molecule has 0 aromatic carbocycles. The summed E-state index contributed by atoms with van der Waals surface area (Å²) < 4.78 is 8.82. The van der Waals surface area contributed by atoms with Crippen molar-refractivity contribution >= 4 is 5.97 Å². The molecule has 1 aliphatic heterocycles. The minimum Gasteiger partial charge on any atom is -0.404 e. The Hall–Kier alpha value is -0.770. The number of carbonyl (C=O) groups excluding carboxylic acids is 1. The van der Waals surface area contributed by atoms with Gasteiger partial charge in [-0.25, -0.2) is 4.79 Å². The van der Waals surface area contributed by atoms with Crippen molar-refractivity contribution in [2.24, 2.45) is 0 Å². The quantitative estimate of drug-likeness (QED) is 0.249. The van der Waals surface area contributed by atoms with Gasteiger partial charge in [0.1, 0.15) is 18.3 Å². The Morgan fingerprint density at radius 3 is 2.56 bits per heavy atom. The highest BCUT2D eigenvalue weighted by Gasteiger charge is 2.52. The first-order valence-electron chi connectivity index (χ1n) is 4.59. The molecule has 5 atom stereocenters. The highest BCUT2D eigenvalue weighted by Crippen LogP contribution is 2.25. The van der Waals surface area contributed by atoms with Gasteiger partial charge in [-0.15, -0.1) is 0 Å². The number of ether oxygens (including phenoxy) is 2. The molecule has 0 aromatic heterocycles.